The average molecular weight is 458 g/mol. The molecule has 11 heteroatoms. The number of halogens is 3. The monoisotopic (exact) mass is 458 g/mol. The second-order valence-corrected chi connectivity index (χ2v) is 8.78. The van der Waals surface area contributed by atoms with Crippen molar-refractivity contribution in [2.75, 3.05) is 49.1 Å². The highest BCUT2D eigenvalue weighted by Crippen LogP contribution is 2.38. The quantitative estimate of drug-likeness (QED) is 0.756. The molecule has 7 nitrogen and oxygen atoms in total. The van der Waals surface area contributed by atoms with Crippen LogP contribution in [0.5, 0.6) is 11.5 Å². The molecule has 1 N–H and O–H groups in total. The molecule has 1 saturated heterocycles. The standard InChI is InChI=1S/C20H21F3N2O5S/c21-20(22,23)14-2-4-17(25-6-10-28-11-7-25)16(12-14)24-31(26,27)15-3-5-18-19(13-15)30-9-1-8-29-18/h2-5,12-13,24H,1,6-11H2. The number of nitrogens with zero attached hydrogens (tertiary/aromatic N) is 1. The van der Waals surface area contributed by atoms with E-state index < -0.39 is 21.8 Å². The van der Waals surface area contributed by atoms with Crippen molar-refractivity contribution in [3.63, 3.8) is 0 Å². The van der Waals surface area contributed by atoms with Crippen LogP contribution < -0.4 is 19.1 Å². The largest absolute Gasteiger partial charge is 0.490 e. The van der Waals surface area contributed by atoms with Gasteiger partial charge in [-0.2, -0.15) is 13.2 Å². The van der Waals surface area contributed by atoms with Crippen LogP contribution in [-0.2, 0) is 20.9 Å². The van der Waals surface area contributed by atoms with E-state index in [0.29, 0.717) is 57.4 Å². The summed E-state index contributed by atoms with van der Waals surface area (Å²) in [4.78, 5) is 1.65. The molecule has 0 aliphatic carbocycles. The van der Waals surface area contributed by atoms with E-state index in [9.17, 15) is 21.6 Å². The van der Waals surface area contributed by atoms with Crippen molar-refractivity contribution in [1.29, 1.82) is 0 Å². The van der Waals surface area contributed by atoms with E-state index in [1.165, 1.54) is 24.3 Å². The first-order chi connectivity index (χ1) is 14.7. The van der Waals surface area contributed by atoms with Gasteiger partial charge in [0.25, 0.3) is 10.0 Å². The highest BCUT2D eigenvalue weighted by molar-refractivity contribution is 7.92. The van der Waals surface area contributed by atoms with Gasteiger partial charge in [0, 0.05) is 25.6 Å². The SMILES string of the molecule is O=S(=O)(Nc1cc(C(F)(F)F)ccc1N1CCOCC1)c1ccc2c(c1)OCCCO2. The zero-order chi connectivity index (χ0) is 22.1. The second-order valence-electron chi connectivity index (χ2n) is 7.09. The molecule has 168 valence electrons. The van der Waals surface area contributed by atoms with Crippen molar-refractivity contribution in [1.82, 2.24) is 0 Å². The maximum absolute atomic E-state index is 13.3. The zero-order valence-electron chi connectivity index (χ0n) is 16.4. The Hall–Kier alpha value is -2.66. The highest BCUT2D eigenvalue weighted by atomic mass is 32.2. The first-order valence-electron chi connectivity index (χ1n) is 9.70. The second kappa shape index (κ2) is 8.46. The normalized spacial score (nSPS) is 17.2. The highest BCUT2D eigenvalue weighted by Gasteiger charge is 2.32. The van der Waals surface area contributed by atoms with Gasteiger partial charge in [-0.1, -0.05) is 0 Å². The molecule has 0 atom stereocenters. The van der Waals surface area contributed by atoms with Gasteiger partial charge >= 0.3 is 6.18 Å². The summed E-state index contributed by atoms with van der Waals surface area (Å²) in [6.45, 7) is 2.49. The lowest BCUT2D eigenvalue weighted by molar-refractivity contribution is -0.137. The van der Waals surface area contributed by atoms with Gasteiger partial charge in [-0.15, -0.1) is 0 Å². The fourth-order valence-electron chi connectivity index (χ4n) is 3.39. The molecule has 1 fully saturated rings. The van der Waals surface area contributed by atoms with Crippen LogP contribution in [0.25, 0.3) is 0 Å². The Morgan fingerprint density at radius 3 is 2.32 bits per heavy atom. The van der Waals surface area contributed by atoms with Gasteiger partial charge < -0.3 is 19.1 Å². The number of anilines is 2. The number of hydrogen-bond donors (Lipinski definition) is 1. The van der Waals surface area contributed by atoms with Crippen LogP contribution in [0, 0.1) is 0 Å². The first kappa shape index (κ1) is 21.6. The van der Waals surface area contributed by atoms with E-state index in [-0.39, 0.29) is 16.3 Å². The lowest BCUT2D eigenvalue weighted by atomic mass is 10.1. The van der Waals surface area contributed by atoms with Crippen LogP contribution in [0.3, 0.4) is 0 Å². The van der Waals surface area contributed by atoms with Gasteiger partial charge in [0.15, 0.2) is 11.5 Å². The molecule has 31 heavy (non-hydrogen) atoms. The van der Waals surface area contributed by atoms with Gasteiger partial charge in [-0.25, -0.2) is 8.42 Å². The molecule has 2 aliphatic rings. The maximum atomic E-state index is 13.3. The molecular formula is C20H21F3N2O5S. The van der Waals surface area contributed by atoms with Crippen molar-refractivity contribution < 1.29 is 35.8 Å². The lowest BCUT2D eigenvalue weighted by Gasteiger charge is -2.31. The number of alkyl halides is 3. The van der Waals surface area contributed by atoms with Crippen LogP contribution in [-0.4, -0.2) is 47.9 Å². The van der Waals surface area contributed by atoms with E-state index in [0.717, 1.165) is 12.1 Å². The van der Waals surface area contributed by atoms with Crippen molar-refractivity contribution in [2.24, 2.45) is 0 Å². The number of nitrogens with one attached hydrogen (secondary N) is 1. The summed E-state index contributed by atoms with van der Waals surface area (Å²) in [5, 5.41) is 0. The van der Waals surface area contributed by atoms with E-state index >= 15 is 0 Å². The van der Waals surface area contributed by atoms with Crippen molar-refractivity contribution in [3.8, 4) is 11.5 Å². The summed E-state index contributed by atoms with van der Waals surface area (Å²) in [5.74, 6) is 0.697. The fraction of sp³-hybridized carbons (Fsp3) is 0.400. The number of morpholine rings is 1. The molecule has 2 aromatic rings. The van der Waals surface area contributed by atoms with E-state index in [1.54, 1.807) is 4.90 Å². The molecule has 0 aromatic heterocycles. The Kier molecular flexibility index (Phi) is 5.89. The van der Waals surface area contributed by atoms with Crippen molar-refractivity contribution in [2.45, 2.75) is 17.5 Å². The van der Waals surface area contributed by atoms with Crippen LogP contribution in [0.4, 0.5) is 24.5 Å². The summed E-state index contributed by atoms with van der Waals surface area (Å²) in [5.41, 5.74) is -0.737. The van der Waals surface area contributed by atoms with Gasteiger partial charge in [0.05, 0.1) is 48.3 Å². The summed E-state index contributed by atoms with van der Waals surface area (Å²) in [7, 11) is -4.19. The fourth-order valence-corrected chi connectivity index (χ4v) is 4.47. The Labute approximate surface area is 177 Å². The molecule has 2 aliphatic heterocycles. The summed E-state index contributed by atoms with van der Waals surface area (Å²) >= 11 is 0. The van der Waals surface area contributed by atoms with Crippen LogP contribution in [0.1, 0.15) is 12.0 Å². The number of benzene rings is 2. The third kappa shape index (κ3) is 4.82. The third-order valence-corrected chi connectivity index (χ3v) is 6.31. The van der Waals surface area contributed by atoms with E-state index in [4.69, 9.17) is 14.2 Å². The first-order valence-corrected chi connectivity index (χ1v) is 11.2. The predicted molar refractivity (Wildman–Crippen MR) is 107 cm³/mol. The van der Waals surface area contributed by atoms with E-state index in [1.807, 2.05) is 0 Å². The number of fused-ring (bicyclic) bond motifs is 1. The summed E-state index contributed by atoms with van der Waals surface area (Å²) in [6.07, 6.45) is -3.96. The number of sulfonamides is 1. The molecule has 0 radical (unpaired) electrons. The summed E-state index contributed by atoms with van der Waals surface area (Å²) in [6, 6.07) is 7.15. The van der Waals surface area contributed by atoms with Gasteiger partial charge in [0.2, 0.25) is 0 Å². The van der Waals surface area contributed by atoms with Gasteiger partial charge in [-0.3, -0.25) is 4.72 Å². The van der Waals surface area contributed by atoms with Gasteiger partial charge in [-0.05, 0) is 30.3 Å². The predicted octanol–water partition coefficient (Wildman–Crippen LogP) is 3.50. The van der Waals surface area contributed by atoms with Crippen LogP contribution >= 0.6 is 0 Å². The molecule has 0 amide bonds. The zero-order valence-corrected chi connectivity index (χ0v) is 17.3. The molecule has 0 unspecified atom stereocenters. The summed E-state index contributed by atoms with van der Waals surface area (Å²) < 4.78 is 84.6. The Morgan fingerprint density at radius 2 is 1.61 bits per heavy atom. The van der Waals surface area contributed by atoms with Crippen molar-refractivity contribution >= 4 is 21.4 Å². The molecule has 0 bridgehead atoms. The molecule has 2 aromatic carbocycles. The van der Waals surface area contributed by atoms with Crippen LogP contribution in [0.2, 0.25) is 0 Å². The Balaban J connectivity index is 1.70. The number of ether oxygens (including phenoxy) is 3. The van der Waals surface area contributed by atoms with Crippen molar-refractivity contribution in [3.05, 3.63) is 42.0 Å². The number of hydrogen-bond acceptors (Lipinski definition) is 6. The molecule has 2 heterocycles. The molecule has 0 saturated carbocycles. The minimum Gasteiger partial charge on any atom is -0.490 e. The lowest BCUT2D eigenvalue weighted by Crippen LogP contribution is -2.36. The minimum absolute atomic E-state index is 0.137. The molecule has 4 rings (SSSR count). The topological polar surface area (TPSA) is 77.1 Å². The Bertz CT molecular complexity index is 1050. The Morgan fingerprint density at radius 1 is 0.903 bits per heavy atom. The third-order valence-electron chi connectivity index (χ3n) is 4.95. The average Bonchev–Trinajstić information content (AvgIpc) is 2.98. The molecule has 0 spiro atoms. The minimum atomic E-state index is -4.61. The maximum Gasteiger partial charge on any atom is 0.416 e. The molecular weight excluding hydrogens is 437 g/mol. The smallest absolute Gasteiger partial charge is 0.416 e. The van der Waals surface area contributed by atoms with Gasteiger partial charge in [0.1, 0.15) is 0 Å². The van der Waals surface area contributed by atoms with Crippen LogP contribution in [0.15, 0.2) is 41.3 Å². The number of rotatable bonds is 4. The van der Waals surface area contributed by atoms with E-state index in [2.05, 4.69) is 4.72 Å².